The first-order valence-corrected chi connectivity index (χ1v) is 6.62. The molecule has 1 heterocycles. The second-order valence-electron chi connectivity index (χ2n) is 3.77. The number of aromatic carboxylic acids is 1. The number of rotatable bonds is 5. The fourth-order valence-corrected chi connectivity index (χ4v) is 2.75. The molecule has 0 radical (unpaired) electrons. The third-order valence-electron chi connectivity index (χ3n) is 2.34. The first-order valence-electron chi connectivity index (χ1n) is 5.14. The summed E-state index contributed by atoms with van der Waals surface area (Å²) in [4.78, 5) is 10.5. The van der Waals surface area contributed by atoms with Crippen molar-refractivity contribution in [1.82, 2.24) is 4.72 Å². The lowest BCUT2D eigenvalue weighted by atomic mass is 10.3. The van der Waals surface area contributed by atoms with Crippen LogP contribution in [-0.2, 0) is 10.0 Å². The molecule has 1 unspecified atom stereocenters. The van der Waals surface area contributed by atoms with Crippen LogP contribution in [0.15, 0.2) is 15.4 Å². The van der Waals surface area contributed by atoms with Crippen molar-refractivity contribution in [2.24, 2.45) is 0 Å². The van der Waals surface area contributed by atoms with Gasteiger partial charge in [-0.2, -0.15) is 0 Å². The van der Waals surface area contributed by atoms with Crippen molar-refractivity contribution in [3.8, 4) is 0 Å². The number of hydrogen-bond acceptors (Lipinski definition) is 4. The molecule has 0 aliphatic heterocycles. The quantitative estimate of drug-likeness (QED) is 0.834. The smallest absolute Gasteiger partial charge is 0.371 e. The van der Waals surface area contributed by atoms with Crippen LogP contribution in [0.25, 0.3) is 0 Å². The fourth-order valence-electron chi connectivity index (χ4n) is 1.25. The molecule has 17 heavy (non-hydrogen) atoms. The lowest BCUT2D eigenvalue weighted by molar-refractivity contribution is 0.0661. The van der Waals surface area contributed by atoms with Crippen LogP contribution in [0, 0.1) is 6.92 Å². The van der Waals surface area contributed by atoms with E-state index in [0.717, 1.165) is 6.07 Å². The zero-order valence-corrected chi connectivity index (χ0v) is 10.7. The molecule has 0 amide bonds. The van der Waals surface area contributed by atoms with Crippen molar-refractivity contribution in [1.29, 1.82) is 0 Å². The van der Waals surface area contributed by atoms with Crippen LogP contribution in [0.1, 0.15) is 36.6 Å². The number of carboxylic acids is 1. The molecular weight excluding hydrogens is 246 g/mol. The van der Waals surface area contributed by atoms with E-state index in [1.54, 1.807) is 6.92 Å². The highest BCUT2D eigenvalue weighted by Crippen LogP contribution is 2.20. The Labute approximate surface area is 99.7 Å². The van der Waals surface area contributed by atoms with E-state index in [2.05, 4.69) is 4.72 Å². The van der Waals surface area contributed by atoms with Crippen LogP contribution < -0.4 is 4.72 Å². The Hall–Kier alpha value is -1.34. The molecule has 0 aliphatic rings. The molecule has 0 saturated carbocycles. The van der Waals surface area contributed by atoms with E-state index in [4.69, 9.17) is 9.52 Å². The Bertz CT molecular complexity index is 517. The first kappa shape index (κ1) is 13.7. The summed E-state index contributed by atoms with van der Waals surface area (Å²) >= 11 is 0. The molecular formula is C10H15NO5S. The van der Waals surface area contributed by atoms with Crippen molar-refractivity contribution >= 4 is 16.0 Å². The number of furan rings is 1. The molecule has 0 fully saturated rings. The second-order valence-corrected chi connectivity index (χ2v) is 5.45. The molecule has 1 rings (SSSR count). The van der Waals surface area contributed by atoms with Gasteiger partial charge in [-0.1, -0.05) is 6.92 Å². The highest BCUT2D eigenvalue weighted by molar-refractivity contribution is 7.89. The number of nitrogens with one attached hydrogen (secondary N) is 1. The van der Waals surface area contributed by atoms with Crippen LogP contribution in [-0.4, -0.2) is 25.5 Å². The normalized spacial score (nSPS) is 13.6. The predicted octanol–water partition coefficient (Wildman–Crippen LogP) is 1.36. The first-order chi connectivity index (χ1) is 7.77. The van der Waals surface area contributed by atoms with Gasteiger partial charge in [0.25, 0.3) is 0 Å². The van der Waals surface area contributed by atoms with Crippen molar-refractivity contribution in [3.05, 3.63) is 17.6 Å². The highest BCUT2D eigenvalue weighted by Gasteiger charge is 2.24. The topological polar surface area (TPSA) is 96.6 Å². The van der Waals surface area contributed by atoms with Gasteiger partial charge in [0.05, 0.1) is 0 Å². The summed E-state index contributed by atoms with van der Waals surface area (Å²) in [5, 5.41) is 8.71. The number of carboxylic acid groups (broad SMARTS) is 1. The third kappa shape index (κ3) is 3.07. The molecule has 0 aromatic carbocycles. The number of aryl methyl sites for hydroxylation is 1. The van der Waals surface area contributed by atoms with Gasteiger partial charge in [-0.15, -0.1) is 0 Å². The number of hydrogen-bond donors (Lipinski definition) is 2. The maximum Gasteiger partial charge on any atom is 0.371 e. The van der Waals surface area contributed by atoms with Crippen molar-refractivity contribution in [3.63, 3.8) is 0 Å². The van der Waals surface area contributed by atoms with Crippen LogP contribution in [0.5, 0.6) is 0 Å². The van der Waals surface area contributed by atoms with E-state index in [1.165, 1.54) is 6.92 Å². The standard InChI is InChI=1S/C10H15NO5S/c1-4-6(2)11-17(14,15)9-5-8(10(12)13)16-7(9)3/h5-6,11H,4H2,1-3H3,(H,12,13). The molecule has 1 atom stereocenters. The third-order valence-corrected chi connectivity index (χ3v) is 4.04. The number of sulfonamides is 1. The lowest BCUT2D eigenvalue weighted by Crippen LogP contribution is -2.32. The van der Waals surface area contributed by atoms with E-state index in [-0.39, 0.29) is 22.5 Å². The maximum atomic E-state index is 11.9. The van der Waals surface area contributed by atoms with Gasteiger partial charge < -0.3 is 9.52 Å². The Morgan fingerprint density at radius 1 is 1.59 bits per heavy atom. The summed E-state index contributed by atoms with van der Waals surface area (Å²) < 4.78 is 31.1. The molecule has 2 N–H and O–H groups in total. The summed E-state index contributed by atoms with van der Waals surface area (Å²) in [6.07, 6.45) is 0.641. The molecule has 0 saturated heterocycles. The minimum Gasteiger partial charge on any atom is -0.475 e. The predicted molar refractivity (Wildman–Crippen MR) is 60.5 cm³/mol. The van der Waals surface area contributed by atoms with Gasteiger partial charge in [0.1, 0.15) is 10.7 Å². The molecule has 1 aromatic rings. The molecule has 1 aromatic heterocycles. The van der Waals surface area contributed by atoms with Crippen LogP contribution in [0.2, 0.25) is 0 Å². The van der Waals surface area contributed by atoms with Crippen LogP contribution in [0.4, 0.5) is 0 Å². The zero-order chi connectivity index (χ0) is 13.2. The van der Waals surface area contributed by atoms with Crippen LogP contribution >= 0.6 is 0 Å². The minimum atomic E-state index is -3.72. The van der Waals surface area contributed by atoms with Gasteiger partial charge in [-0.25, -0.2) is 17.9 Å². The monoisotopic (exact) mass is 261 g/mol. The van der Waals surface area contributed by atoms with Gasteiger partial charge in [0.15, 0.2) is 0 Å². The SMILES string of the molecule is CCC(C)NS(=O)(=O)c1cc(C(=O)O)oc1C. The minimum absolute atomic E-state index is 0.0678. The molecule has 0 spiro atoms. The summed E-state index contributed by atoms with van der Waals surface area (Å²) in [6.45, 7) is 4.99. The van der Waals surface area contributed by atoms with Crippen molar-refractivity contribution < 1.29 is 22.7 Å². The lowest BCUT2D eigenvalue weighted by Gasteiger charge is -2.10. The average Bonchev–Trinajstić information content (AvgIpc) is 2.60. The van der Waals surface area contributed by atoms with E-state index in [0.29, 0.717) is 6.42 Å². The molecule has 96 valence electrons. The molecule has 0 bridgehead atoms. The number of carbonyl (C=O) groups is 1. The summed E-state index contributed by atoms with van der Waals surface area (Å²) in [6, 6.07) is 0.796. The van der Waals surface area contributed by atoms with E-state index < -0.39 is 16.0 Å². The van der Waals surface area contributed by atoms with Gasteiger partial charge >= 0.3 is 5.97 Å². The molecule has 7 heteroatoms. The second kappa shape index (κ2) is 4.89. The van der Waals surface area contributed by atoms with Crippen LogP contribution in [0.3, 0.4) is 0 Å². The Kier molecular flexibility index (Phi) is 3.94. The van der Waals surface area contributed by atoms with Gasteiger partial charge in [-0.05, 0) is 20.3 Å². The van der Waals surface area contributed by atoms with Gasteiger partial charge in [0.2, 0.25) is 15.8 Å². The average molecular weight is 261 g/mol. The Morgan fingerprint density at radius 2 is 2.18 bits per heavy atom. The van der Waals surface area contributed by atoms with E-state index in [1.807, 2.05) is 6.92 Å². The van der Waals surface area contributed by atoms with Crippen molar-refractivity contribution in [2.45, 2.75) is 38.1 Å². The Morgan fingerprint density at radius 3 is 2.59 bits per heavy atom. The summed E-state index contributed by atoms with van der Waals surface area (Å²) in [5.74, 6) is -1.61. The van der Waals surface area contributed by atoms with Gasteiger partial charge in [0, 0.05) is 12.1 Å². The molecule has 6 nitrogen and oxygen atoms in total. The summed E-state index contributed by atoms with van der Waals surface area (Å²) in [5.41, 5.74) is 0. The largest absolute Gasteiger partial charge is 0.475 e. The fraction of sp³-hybridized carbons (Fsp3) is 0.500. The zero-order valence-electron chi connectivity index (χ0n) is 9.85. The van der Waals surface area contributed by atoms with E-state index in [9.17, 15) is 13.2 Å². The van der Waals surface area contributed by atoms with E-state index >= 15 is 0 Å². The van der Waals surface area contributed by atoms with Crippen molar-refractivity contribution in [2.75, 3.05) is 0 Å². The highest BCUT2D eigenvalue weighted by atomic mass is 32.2. The summed E-state index contributed by atoms with van der Waals surface area (Å²) in [7, 11) is -3.72. The maximum absolute atomic E-state index is 11.9. The Balaban J connectivity index is 3.11. The van der Waals surface area contributed by atoms with Gasteiger partial charge in [-0.3, -0.25) is 0 Å². The molecule has 0 aliphatic carbocycles.